The summed E-state index contributed by atoms with van der Waals surface area (Å²) in [6.07, 6.45) is 12.3. The lowest BCUT2D eigenvalue weighted by molar-refractivity contribution is -0.135. The van der Waals surface area contributed by atoms with Crippen molar-refractivity contribution in [2.75, 3.05) is 20.2 Å². The third-order valence-corrected chi connectivity index (χ3v) is 13.5. The number of carbonyl (C=O) groups is 3. The van der Waals surface area contributed by atoms with Gasteiger partial charge in [0.25, 0.3) is 0 Å². The number of rotatable bonds is 10. The smallest absolute Gasteiger partial charge is 0.407 e. The van der Waals surface area contributed by atoms with Crippen molar-refractivity contribution in [1.29, 1.82) is 0 Å². The Hall–Kier alpha value is -5.45. The molecule has 3 aromatic carbocycles. The van der Waals surface area contributed by atoms with Gasteiger partial charge in [-0.15, -0.1) is 0 Å². The maximum absolute atomic E-state index is 13.8. The van der Waals surface area contributed by atoms with Gasteiger partial charge >= 0.3 is 6.09 Å². The second kappa shape index (κ2) is 16.0. The van der Waals surface area contributed by atoms with E-state index in [1.807, 2.05) is 36.0 Å². The van der Waals surface area contributed by atoms with Crippen LogP contribution in [0, 0.1) is 11.8 Å². The second-order valence-corrected chi connectivity index (χ2v) is 18.1. The van der Waals surface area contributed by atoms with Crippen molar-refractivity contribution in [3.8, 4) is 33.6 Å². The van der Waals surface area contributed by atoms with Gasteiger partial charge in [0.15, 0.2) is 0 Å². The average Bonchev–Trinajstić information content (AvgIpc) is 4.09. The number of aromatic nitrogens is 4. The normalized spacial score (nSPS) is 21.7. The van der Waals surface area contributed by atoms with E-state index < -0.39 is 12.1 Å². The van der Waals surface area contributed by atoms with E-state index in [4.69, 9.17) is 14.7 Å². The number of aromatic amines is 2. The summed E-state index contributed by atoms with van der Waals surface area (Å²) < 4.78 is 4.83. The zero-order valence-electron chi connectivity index (χ0n) is 35.0. The number of likely N-dealkylation sites (tertiary alicyclic amines) is 2. The number of nitrogens with one attached hydrogen (secondary N) is 3. The minimum atomic E-state index is -0.671. The molecule has 3 amide bonds. The van der Waals surface area contributed by atoms with Gasteiger partial charge in [-0.05, 0) is 120 Å². The number of hydrogen-bond acceptors (Lipinski definition) is 6. The van der Waals surface area contributed by atoms with E-state index in [2.05, 4.69) is 77.7 Å². The van der Waals surface area contributed by atoms with Gasteiger partial charge in [-0.2, -0.15) is 0 Å². The van der Waals surface area contributed by atoms with E-state index in [0.717, 1.165) is 60.8 Å². The number of amides is 3. The summed E-state index contributed by atoms with van der Waals surface area (Å²) in [4.78, 5) is 59.7. The number of ether oxygens (including phenoxy) is 1. The van der Waals surface area contributed by atoms with Crippen LogP contribution in [0.15, 0.2) is 60.9 Å². The molecular weight excluding hydrogens is 739 g/mol. The number of imidazole rings is 2. The number of H-pyrrole nitrogens is 2. The predicted octanol–water partition coefficient (Wildman–Crippen LogP) is 9.80. The first-order valence-electron chi connectivity index (χ1n) is 21.8. The number of carbonyl (C=O) groups excluding carboxylic acids is 3. The topological polar surface area (TPSA) is 136 Å². The highest BCUT2D eigenvalue weighted by Crippen LogP contribution is 2.55. The van der Waals surface area contributed by atoms with Gasteiger partial charge in [0.2, 0.25) is 11.8 Å². The highest BCUT2D eigenvalue weighted by Gasteiger charge is 2.40. The van der Waals surface area contributed by atoms with E-state index in [0.29, 0.717) is 30.7 Å². The number of hydrogen-bond donors (Lipinski definition) is 3. The first-order chi connectivity index (χ1) is 28.6. The Morgan fingerprint density at radius 3 is 1.93 bits per heavy atom. The van der Waals surface area contributed by atoms with Gasteiger partial charge in [0.05, 0.1) is 43.0 Å². The van der Waals surface area contributed by atoms with Gasteiger partial charge in [0.1, 0.15) is 17.7 Å². The quantitative estimate of drug-likeness (QED) is 0.129. The first-order valence-corrected chi connectivity index (χ1v) is 21.8. The van der Waals surface area contributed by atoms with Crippen molar-refractivity contribution < 1.29 is 19.1 Å². The van der Waals surface area contributed by atoms with Crippen LogP contribution < -0.4 is 5.32 Å². The van der Waals surface area contributed by atoms with Crippen LogP contribution in [0.1, 0.15) is 132 Å². The summed E-state index contributed by atoms with van der Waals surface area (Å²) in [5.74, 6) is 3.06. The molecule has 11 heteroatoms. The standard InChI is InChI=1S/C48H57N7O4/c1-27(2)22-41(56)54-20-6-8-39(54)45-49-25-37(51-45)34-17-15-31-23-33(16-14-32(31)24-34)35-18-19-36(43-30-12-10-29(11-13-30)42(35)43)38-26-50-46(52-38)40-9-7-21-55(40)47(57)44(28(3)4)53-48(58)59-5/h14-19,23-30,39-40,44H,6-13,20-22H2,1-5H3,(H,49,51)(H,50,52)(H,53,58)/t29?,30?,39-,40-,44-/m0/s1. The van der Waals surface area contributed by atoms with Crippen LogP contribution in [0.25, 0.3) is 44.4 Å². The van der Waals surface area contributed by atoms with Crippen molar-refractivity contribution >= 4 is 28.7 Å². The molecule has 3 fully saturated rings. The number of alkyl carbamates (subject to hydrolysis) is 1. The summed E-state index contributed by atoms with van der Waals surface area (Å²) in [5.41, 5.74) is 9.78. The molecular formula is C48H57N7O4. The maximum atomic E-state index is 13.8. The molecule has 5 aliphatic rings. The average molecular weight is 796 g/mol. The van der Waals surface area contributed by atoms with Crippen LogP contribution in [0.3, 0.4) is 0 Å². The third kappa shape index (κ3) is 7.31. The number of nitrogens with zero attached hydrogens (tertiary/aromatic N) is 4. The summed E-state index contributed by atoms with van der Waals surface area (Å²) in [7, 11) is 1.32. The first kappa shape index (κ1) is 39.0. The summed E-state index contributed by atoms with van der Waals surface area (Å²) in [6, 6.07) is 17.2. The van der Waals surface area contributed by atoms with E-state index in [-0.39, 0.29) is 29.8 Å². The lowest BCUT2D eigenvalue weighted by Crippen LogP contribution is -2.51. The molecule has 10 rings (SSSR count). The van der Waals surface area contributed by atoms with Crippen LogP contribution in [-0.4, -0.2) is 73.9 Å². The number of fused-ring (bicyclic) bond motifs is 3. The van der Waals surface area contributed by atoms with E-state index in [9.17, 15) is 14.4 Å². The minimum absolute atomic E-state index is 0.00935. The van der Waals surface area contributed by atoms with Crippen LogP contribution >= 0.6 is 0 Å². The molecule has 3 atom stereocenters. The van der Waals surface area contributed by atoms with Gasteiger partial charge in [-0.25, -0.2) is 14.8 Å². The molecule has 308 valence electrons. The fourth-order valence-corrected chi connectivity index (χ4v) is 10.6. The fraction of sp³-hybridized carbons (Fsp3) is 0.479. The SMILES string of the molecule is COC(=O)N[C@H](C(=O)N1CCC[C@H]1c1ncc(-c2ccc(-c3ccc4cc(-c5cnc([C@@H]6CCCN6C(=O)CC(C)C)[nH]5)ccc4c3)c3c2C2CCC3CC2)[nH]1)C(C)C. The predicted molar refractivity (Wildman–Crippen MR) is 229 cm³/mol. The Kier molecular flexibility index (Phi) is 10.6. The van der Waals surface area contributed by atoms with E-state index in [1.165, 1.54) is 71.4 Å². The van der Waals surface area contributed by atoms with E-state index >= 15 is 0 Å². The molecule has 3 aliphatic carbocycles. The van der Waals surface area contributed by atoms with Crippen LogP contribution in [0.4, 0.5) is 4.79 Å². The molecule has 0 unspecified atom stereocenters. The molecule has 1 saturated carbocycles. The molecule has 59 heavy (non-hydrogen) atoms. The molecule has 0 spiro atoms. The maximum Gasteiger partial charge on any atom is 0.407 e. The zero-order chi connectivity index (χ0) is 40.9. The summed E-state index contributed by atoms with van der Waals surface area (Å²) in [5, 5.41) is 5.12. The van der Waals surface area contributed by atoms with Crippen LogP contribution in [0.5, 0.6) is 0 Å². The van der Waals surface area contributed by atoms with Crippen molar-refractivity contribution in [1.82, 2.24) is 35.1 Å². The van der Waals surface area contributed by atoms with Crippen LogP contribution in [-0.2, 0) is 14.3 Å². The van der Waals surface area contributed by atoms with Gasteiger partial charge in [0, 0.05) is 30.6 Å². The largest absolute Gasteiger partial charge is 0.453 e. The molecule has 2 aromatic heterocycles. The second-order valence-electron chi connectivity index (χ2n) is 18.1. The number of benzene rings is 3. The highest BCUT2D eigenvalue weighted by atomic mass is 16.5. The van der Waals surface area contributed by atoms with Crippen LogP contribution in [0.2, 0.25) is 0 Å². The van der Waals surface area contributed by atoms with Crippen molar-refractivity contribution in [3.05, 3.63) is 83.7 Å². The van der Waals surface area contributed by atoms with Crippen molar-refractivity contribution in [3.63, 3.8) is 0 Å². The van der Waals surface area contributed by atoms with Crippen molar-refractivity contribution in [2.45, 2.75) is 115 Å². The lowest BCUT2D eigenvalue weighted by Gasteiger charge is -2.41. The Balaban J connectivity index is 0.983. The van der Waals surface area contributed by atoms with E-state index in [1.54, 1.807) is 0 Å². The molecule has 4 heterocycles. The van der Waals surface area contributed by atoms with Gasteiger partial charge < -0.3 is 29.8 Å². The number of methoxy groups -OCH3 is 1. The lowest BCUT2D eigenvalue weighted by atomic mass is 9.64. The summed E-state index contributed by atoms with van der Waals surface area (Å²) >= 11 is 0. The molecule has 2 bridgehead atoms. The molecule has 11 nitrogen and oxygen atoms in total. The highest BCUT2D eigenvalue weighted by molar-refractivity contribution is 5.92. The fourth-order valence-electron chi connectivity index (χ4n) is 10.6. The Bertz CT molecular complexity index is 2390. The zero-order valence-corrected chi connectivity index (χ0v) is 35.0. The third-order valence-electron chi connectivity index (χ3n) is 13.5. The molecule has 2 saturated heterocycles. The monoisotopic (exact) mass is 795 g/mol. The van der Waals surface area contributed by atoms with Crippen molar-refractivity contribution in [2.24, 2.45) is 11.8 Å². The molecule has 3 N–H and O–H groups in total. The minimum Gasteiger partial charge on any atom is -0.453 e. The van der Waals surface area contributed by atoms with Gasteiger partial charge in [-0.3, -0.25) is 9.59 Å². The summed E-state index contributed by atoms with van der Waals surface area (Å²) in [6.45, 7) is 9.48. The molecule has 0 radical (unpaired) electrons. The molecule has 2 aliphatic heterocycles. The van der Waals surface area contributed by atoms with Gasteiger partial charge in [-0.1, -0.05) is 64.1 Å². The molecule has 5 aromatic rings. The Morgan fingerprint density at radius 1 is 0.729 bits per heavy atom. The Morgan fingerprint density at radius 2 is 1.29 bits per heavy atom. The Labute approximate surface area is 346 Å².